The van der Waals surface area contributed by atoms with Crippen molar-refractivity contribution >= 4 is 40.7 Å². The summed E-state index contributed by atoms with van der Waals surface area (Å²) in [5.74, 6) is 0.307. The van der Waals surface area contributed by atoms with Crippen molar-refractivity contribution in [2.24, 2.45) is 0 Å². The summed E-state index contributed by atoms with van der Waals surface area (Å²) in [5.41, 5.74) is 10.1. The molecule has 1 heterocycles. The van der Waals surface area contributed by atoms with Crippen LogP contribution in [0.3, 0.4) is 0 Å². The van der Waals surface area contributed by atoms with Gasteiger partial charge in [-0.05, 0) is 54.8 Å². The normalized spacial score (nSPS) is 10.7. The van der Waals surface area contributed by atoms with Crippen LogP contribution in [0.4, 0.5) is 16.3 Å². The molecule has 0 radical (unpaired) electrons. The predicted octanol–water partition coefficient (Wildman–Crippen LogP) is 6.18. The molecule has 0 fully saturated rings. The van der Waals surface area contributed by atoms with Crippen LogP contribution in [0.15, 0.2) is 78.9 Å². The monoisotopic (exact) mass is 479 g/mol. The zero-order valence-electron chi connectivity index (χ0n) is 17.8. The van der Waals surface area contributed by atoms with Crippen LogP contribution >= 0.6 is 23.2 Å². The van der Waals surface area contributed by atoms with E-state index in [1.165, 1.54) is 5.56 Å². The van der Waals surface area contributed by atoms with E-state index in [4.69, 9.17) is 28.9 Å². The van der Waals surface area contributed by atoms with Crippen LogP contribution in [0, 0.1) is 0 Å². The van der Waals surface area contributed by atoms with Gasteiger partial charge in [0, 0.05) is 22.2 Å². The first kappa shape index (κ1) is 22.7. The Bertz CT molecular complexity index is 1220. The first-order valence-corrected chi connectivity index (χ1v) is 11.3. The van der Waals surface area contributed by atoms with Crippen LogP contribution in [-0.4, -0.2) is 22.4 Å². The summed E-state index contributed by atoms with van der Waals surface area (Å²) in [5, 5.41) is 11.6. The second-order valence-corrected chi connectivity index (χ2v) is 8.35. The third kappa shape index (κ3) is 5.66. The van der Waals surface area contributed by atoms with E-state index in [0.717, 1.165) is 24.1 Å². The van der Waals surface area contributed by atoms with Crippen LogP contribution in [0.25, 0.3) is 16.9 Å². The Labute approximate surface area is 202 Å². The van der Waals surface area contributed by atoms with E-state index < -0.39 is 0 Å². The molecule has 33 heavy (non-hydrogen) atoms. The van der Waals surface area contributed by atoms with Crippen LogP contribution in [0.1, 0.15) is 12.0 Å². The van der Waals surface area contributed by atoms with Crippen molar-refractivity contribution in [1.82, 2.24) is 15.1 Å². The number of carbonyl (C=O) groups is 1. The number of rotatable bonds is 7. The van der Waals surface area contributed by atoms with Gasteiger partial charge in [-0.3, -0.25) is 0 Å². The Morgan fingerprint density at radius 1 is 0.909 bits per heavy atom. The van der Waals surface area contributed by atoms with E-state index >= 15 is 0 Å². The summed E-state index contributed by atoms with van der Waals surface area (Å²) in [6.45, 7) is 0.530. The highest BCUT2D eigenvalue weighted by atomic mass is 35.5. The lowest BCUT2D eigenvalue weighted by molar-refractivity contribution is 0.252. The molecule has 0 aliphatic carbocycles. The summed E-state index contributed by atoms with van der Waals surface area (Å²) >= 11 is 12.1. The van der Waals surface area contributed by atoms with Crippen LogP contribution in [0.2, 0.25) is 10.0 Å². The molecule has 4 rings (SSSR count). The highest BCUT2D eigenvalue weighted by Crippen LogP contribution is 2.34. The molecule has 4 aromatic rings. The molecule has 0 bridgehead atoms. The Morgan fingerprint density at radius 2 is 1.55 bits per heavy atom. The number of aryl methyl sites for hydroxylation is 1. The maximum Gasteiger partial charge on any atom is 0.319 e. The number of nitrogens with one attached hydrogen (secondary N) is 2. The first-order valence-electron chi connectivity index (χ1n) is 10.5. The molecule has 4 N–H and O–H groups in total. The number of nitrogens with zero attached hydrogens (tertiary/aromatic N) is 2. The third-order valence-electron chi connectivity index (χ3n) is 5.12. The molecule has 8 heteroatoms. The minimum Gasteiger partial charge on any atom is -0.382 e. The Morgan fingerprint density at radius 3 is 2.21 bits per heavy atom. The zero-order valence-corrected chi connectivity index (χ0v) is 19.3. The third-order valence-corrected chi connectivity index (χ3v) is 5.62. The molecular formula is C25H23Cl2N5O. The zero-order chi connectivity index (χ0) is 23.2. The number of nitrogen functional groups attached to an aromatic ring is 1. The number of hydrogen-bond donors (Lipinski definition) is 3. The van der Waals surface area contributed by atoms with E-state index in [0.29, 0.717) is 33.8 Å². The van der Waals surface area contributed by atoms with Gasteiger partial charge >= 0.3 is 6.03 Å². The van der Waals surface area contributed by atoms with E-state index in [9.17, 15) is 4.79 Å². The molecule has 0 unspecified atom stereocenters. The van der Waals surface area contributed by atoms with Crippen molar-refractivity contribution in [3.8, 4) is 16.9 Å². The molecule has 0 saturated heterocycles. The SMILES string of the molecule is Nc1c(NC(=O)NCCCc2ccccc2)c(-c2ccc(Cl)cc2)nn1-c1ccc(Cl)cc1. The number of anilines is 2. The highest BCUT2D eigenvalue weighted by Gasteiger charge is 2.20. The number of halogens is 2. The topological polar surface area (TPSA) is 85.0 Å². The lowest BCUT2D eigenvalue weighted by atomic mass is 10.1. The van der Waals surface area contributed by atoms with Crippen LogP contribution < -0.4 is 16.4 Å². The molecule has 0 aliphatic rings. The van der Waals surface area contributed by atoms with Gasteiger partial charge in [-0.25, -0.2) is 9.48 Å². The molecule has 0 aliphatic heterocycles. The van der Waals surface area contributed by atoms with Gasteiger partial charge < -0.3 is 16.4 Å². The van der Waals surface area contributed by atoms with Crippen molar-refractivity contribution in [3.63, 3.8) is 0 Å². The van der Waals surface area contributed by atoms with Crippen molar-refractivity contribution < 1.29 is 4.79 Å². The average Bonchev–Trinajstić information content (AvgIpc) is 3.14. The van der Waals surface area contributed by atoms with Crippen molar-refractivity contribution in [2.75, 3.05) is 17.6 Å². The van der Waals surface area contributed by atoms with E-state index in [2.05, 4.69) is 27.9 Å². The number of amides is 2. The fourth-order valence-electron chi connectivity index (χ4n) is 3.44. The van der Waals surface area contributed by atoms with E-state index in [1.54, 1.807) is 28.9 Å². The quantitative estimate of drug-likeness (QED) is 0.276. The van der Waals surface area contributed by atoms with E-state index in [-0.39, 0.29) is 6.03 Å². The van der Waals surface area contributed by atoms with Gasteiger partial charge in [0.1, 0.15) is 11.4 Å². The molecule has 1 aromatic heterocycles. The summed E-state index contributed by atoms with van der Waals surface area (Å²) in [6.07, 6.45) is 1.70. The number of benzene rings is 3. The van der Waals surface area contributed by atoms with Crippen molar-refractivity contribution in [3.05, 3.63) is 94.5 Å². The first-order chi connectivity index (χ1) is 16.0. The summed E-state index contributed by atoms with van der Waals surface area (Å²) < 4.78 is 1.57. The number of nitrogens with two attached hydrogens (primary N) is 1. The van der Waals surface area contributed by atoms with E-state index in [1.807, 2.05) is 42.5 Å². The standard InChI is InChI=1S/C25H23Cl2N5O/c26-19-10-8-18(9-11-19)22-23(24(28)32(31-22)21-14-12-20(27)13-15-21)30-25(33)29-16-4-7-17-5-2-1-3-6-17/h1-3,5-6,8-15H,4,7,16,28H2,(H2,29,30,33). The van der Waals surface area contributed by atoms with Gasteiger partial charge in [-0.2, -0.15) is 5.10 Å². The Hall–Kier alpha value is -3.48. The molecule has 168 valence electrons. The Kier molecular flexibility index (Phi) is 7.17. The molecule has 3 aromatic carbocycles. The lowest BCUT2D eigenvalue weighted by Gasteiger charge is -2.09. The summed E-state index contributed by atoms with van der Waals surface area (Å²) in [7, 11) is 0. The predicted molar refractivity (Wildman–Crippen MR) is 135 cm³/mol. The smallest absolute Gasteiger partial charge is 0.319 e. The second kappa shape index (κ2) is 10.4. The molecule has 0 saturated carbocycles. The van der Waals surface area contributed by atoms with Gasteiger partial charge in [0.2, 0.25) is 0 Å². The van der Waals surface area contributed by atoms with Gasteiger partial charge in [0.25, 0.3) is 0 Å². The molecule has 2 amide bonds. The molecule has 6 nitrogen and oxygen atoms in total. The van der Waals surface area contributed by atoms with Crippen molar-refractivity contribution in [1.29, 1.82) is 0 Å². The van der Waals surface area contributed by atoms with Gasteiger partial charge in [-0.15, -0.1) is 0 Å². The van der Waals surface area contributed by atoms with Crippen LogP contribution in [-0.2, 0) is 6.42 Å². The molecular weight excluding hydrogens is 457 g/mol. The molecule has 0 atom stereocenters. The number of urea groups is 1. The fraction of sp³-hybridized carbons (Fsp3) is 0.120. The van der Waals surface area contributed by atoms with Crippen LogP contribution in [0.5, 0.6) is 0 Å². The second-order valence-electron chi connectivity index (χ2n) is 7.47. The van der Waals surface area contributed by atoms with Gasteiger partial charge in [0.05, 0.1) is 5.69 Å². The van der Waals surface area contributed by atoms with Gasteiger partial charge in [-0.1, -0.05) is 65.7 Å². The summed E-state index contributed by atoms with van der Waals surface area (Å²) in [6, 6.07) is 24.1. The highest BCUT2D eigenvalue weighted by molar-refractivity contribution is 6.30. The lowest BCUT2D eigenvalue weighted by Crippen LogP contribution is -2.30. The van der Waals surface area contributed by atoms with Crippen molar-refractivity contribution in [2.45, 2.75) is 12.8 Å². The Balaban J connectivity index is 1.53. The largest absolute Gasteiger partial charge is 0.382 e. The number of carbonyl (C=O) groups excluding carboxylic acids is 1. The fourth-order valence-corrected chi connectivity index (χ4v) is 3.69. The maximum absolute atomic E-state index is 12.7. The maximum atomic E-state index is 12.7. The minimum absolute atomic E-state index is 0.307. The molecule has 0 spiro atoms. The minimum atomic E-state index is -0.347. The number of aromatic nitrogens is 2. The summed E-state index contributed by atoms with van der Waals surface area (Å²) in [4.78, 5) is 12.7. The average molecular weight is 480 g/mol. The van der Waals surface area contributed by atoms with Gasteiger partial charge in [0.15, 0.2) is 5.82 Å². The number of hydrogen-bond acceptors (Lipinski definition) is 3.